The molecule has 0 aliphatic heterocycles. The first-order valence-electron chi connectivity index (χ1n) is 6.63. The van der Waals surface area contributed by atoms with Gasteiger partial charge in [-0.1, -0.05) is 0 Å². The molecule has 18 heavy (non-hydrogen) atoms. The van der Waals surface area contributed by atoms with E-state index < -0.39 is 0 Å². The molecule has 1 aliphatic carbocycles. The van der Waals surface area contributed by atoms with E-state index in [0.717, 1.165) is 11.4 Å². The molecule has 4 heteroatoms. The minimum Gasteiger partial charge on any atom is -0.360 e. The molecule has 96 valence electrons. The van der Waals surface area contributed by atoms with Crippen LogP contribution in [0.3, 0.4) is 0 Å². The zero-order chi connectivity index (χ0) is 12.4. The molecule has 0 radical (unpaired) electrons. The number of aromatic amines is 1. The lowest BCUT2D eigenvalue weighted by Gasteiger charge is -2.26. The summed E-state index contributed by atoms with van der Waals surface area (Å²) < 4.78 is 0. The first-order chi connectivity index (χ1) is 8.86. The van der Waals surface area contributed by atoms with Gasteiger partial charge in [0.25, 0.3) is 0 Å². The maximum atomic E-state index is 4.79. The number of nitrogens with zero attached hydrogens (tertiary/aromatic N) is 1. The van der Waals surface area contributed by atoms with Crippen LogP contribution in [-0.4, -0.2) is 23.1 Å². The van der Waals surface area contributed by atoms with Gasteiger partial charge in [0.15, 0.2) is 0 Å². The Morgan fingerprint density at radius 1 is 1.33 bits per heavy atom. The van der Waals surface area contributed by atoms with Gasteiger partial charge in [-0.05, 0) is 44.9 Å². The van der Waals surface area contributed by atoms with Gasteiger partial charge in [-0.25, -0.2) is 4.98 Å². The van der Waals surface area contributed by atoms with Crippen molar-refractivity contribution in [1.82, 2.24) is 15.3 Å². The lowest BCUT2D eigenvalue weighted by atomic mass is 9.86. The molecule has 2 heterocycles. The molecule has 0 amide bonds. The third-order valence-corrected chi connectivity index (χ3v) is 4.89. The summed E-state index contributed by atoms with van der Waals surface area (Å²) in [5, 5.41) is 6.87. The van der Waals surface area contributed by atoms with Gasteiger partial charge in [-0.2, -0.15) is 0 Å². The average Bonchev–Trinajstić information content (AvgIpc) is 3.09. The number of nitrogens with one attached hydrogen (secondary N) is 2. The molecule has 0 unspecified atom stereocenters. The summed E-state index contributed by atoms with van der Waals surface area (Å²) >= 11 is 1.81. The van der Waals surface area contributed by atoms with Crippen molar-refractivity contribution in [2.24, 2.45) is 0 Å². The molecular formula is C14H19N3S. The van der Waals surface area contributed by atoms with E-state index in [4.69, 9.17) is 4.98 Å². The van der Waals surface area contributed by atoms with E-state index in [0.29, 0.717) is 12.0 Å². The summed E-state index contributed by atoms with van der Waals surface area (Å²) in [4.78, 5) is 8.01. The molecule has 0 spiro atoms. The Morgan fingerprint density at radius 2 is 2.17 bits per heavy atom. The lowest BCUT2D eigenvalue weighted by molar-refractivity contribution is 0.358. The van der Waals surface area contributed by atoms with E-state index in [1.165, 1.54) is 30.7 Å². The smallest absolute Gasteiger partial charge is 0.0976 e. The second kappa shape index (κ2) is 5.24. The summed E-state index contributed by atoms with van der Waals surface area (Å²) in [7, 11) is 2.07. The second-order valence-corrected chi connectivity index (χ2v) is 5.88. The Morgan fingerprint density at radius 3 is 2.83 bits per heavy atom. The second-order valence-electron chi connectivity index (χ2n) is 4.99. The monoisotopic (exact) mass is 261 g/mol. The van der Waals surface area contributed by atoms with Crippen molar-refractivity contribution in [3.05, 3.63) is 28.7 Å². The molecule has 1 fully saturated rings. The third-order valence-electron chi connectivity index (χ3n) is 3.88. The van der Waals surface area contributed by atoms with Gasteiger partial charge < -0.3 is 10.3 Å². The maximum Gasteiger partial charge on any atom is 0.0976 e. The highest BCUT2D eigenvalue weighted by Crippen LogP contribution is 2.35. The van der Waals surface area contributed by atoms with Crippen LogP contribution in [-0.2, 0) is 0 Å². The first-order valence-corrected chi connectivity index (χ1v) is 7.51. The molecule has 0 aromatic carbocycles. The molecular weight excluding hydrogens is 242 g/mol. The standard InChI is InChI=1S/C14H19N3S/c1-15-11-6-4-10(5-7-11)14-17-13(9-18-14)12-3-2-8-16-12/h2-3,8-11,15-16H,4-7H2,1H3. The van der Waals surface area contributed by atoms with Crippen LogP contribution < -0.4 is 5.32 Å². The third kappa shape index (κ3) is 2.35. The summed E-state index contributed by atoms with van der Waals surface area (Å²) in [6, 6.07) is 4.81. The van der Waals surface area contributed by atoms with E-state index in [1.54, 1.807) is 0 Å². The Kier molecular flexibility index (Phi) is 3.48. The molecule has 2 aromatic heterocycles. The molecule has 0 atom stereocenters. The molecule has 2 N–H and O–H groups in total. The Hall–Kier alpha value is -1.13. The largest absolute Gasteiger partial charge is 0.360 e. The quantitative estimate of drug-likeness (QED) is 0.889. The van der Waals surface area contributed by atoms with Crippen LogP contribution in [0.2, 0.25) is 0 Å². The molecule has 1 saturated carbocycles. The number of hydrogen-bond donors (Lipinski definition) is 2. The molecule has 0 saturated heterocycles. The minimum absolute atomic E-state index is 0.670. The van der Waals surface area contributed by atoms with E-state index in [9.17, 15) is 0 Å². The molecule has 3 nitrogen and oxygen atoms in total. The zero-order valence-electron chi connectivity index (χ0n) is 10.6. The number of rotatable bonds is 3. The minimum atomic E-state index is 0.670. The number of thiazole rings is 1. The van der Waals surface area contributed by atoms with Gasteiger partial charge in [-0.3, -0.25) is 0 Å². The van der Waals surface area contributed by atoms with Crippen molar-refractivity contribution in [1.29, 1.82) is 0 Å². The fourth-order valence-electron chi connectivity index (χ4n) is 2.72. The Balaban J connectivity index is 1.71. The van der Waals surface area contributed by atoms with Gasteiger partial charge in [0.2, 0.25) is 0 Å². The Bertz CT molecular complexity index is 481. The predicted octanol–water partition coefficient (Wildman–Crippen LogP) is 3.38. The van der Waals surface area contributed by atoms with Crippen LogP contribution in [0.25, 0.3) is 11.4 Å². The van der Waals surface area contributed by atoms with Crippen molar-refractivity contribution in [2.45, 2.75) is 37.6 Å². The van der Waals surface area contributed by atoms with Crippen LogP contribution in [0.1, 0.15) is 36.6 Å². The van der Waals surface area contributed by atoms with E-state index >= 15 is 0 Å². The summed E-state index contributed by atoms with van der Waals surface area (Å²) in [6.07, 6.45) is 7.04. The highest BCUT2D eigenvalue weighted by atomic mass is 32.1. The van der Waals surface area contributed by atoms with E-state index in [2.05, 4.69) is 28.8 Å². The fraction of sp³-hybridized carbons (Fsp3) is 0.500. The number of H-pyrrole nitrogens is 1. The van der Waals surface area contributed by atoms with E-state index in [1.807, 2.05) is 23.6 Å². The highest BCUT2D eigenvalue weighted by Gasteiger charge is 2.23. The normalized spacial score (nSPS) is 24.3. The number of aromatic nitrogens is 2. The lowest BCUT2D eigenvalue weighted by Crippen LogP contribution is -2.29. The summed E-state index contributed by atoms with van der Waals surface area (Å²) in [5.74, 6) is 0.670. The van der Waals surface area contributed by atoms with Crippen molar-refractivity contribution in [3.8, 4) is 11.4 Å². The zero-order valence-corrected chi connectivity index (χ0v) is 11.5. The highest BCUT2D eigenvalue weighted by molar-refractivity contribution is 7.10. The summed E-state index contributed by atoms with van der Waals surface area (Å²) in [5.41, 5.74) is 2.22. The molecule has 2 aromatic rings. The van der Waals surface area contributed by atoms with Crippen LogP contribution in [0.15, 0.2) is 23.7 Å². The summed E-state index contributed by atoms with van der Waals surface area (Å²) in [6.45, 7) is 0. The van der Waals surface area contributed by atoms with Crippen LogP contribution in [0.4, 0.5) is 0 Å². The Labute approximate surface area is 112 Å². The van der Waals surface area contributed by atoms with Crippen molar-refractivity contribution >= 4 is 11.3 Å². The molecule has 3 rings (SSSR count). The van der Waals surface area contributed by atoms with Crippen LogP contribution >= 0.6 is 11.3 Å². The van der Waals surface area contributed by atoms with Gasteiger partial charge in [0, 0.05) is 23.5 Å². The molecule has 1 aliphatic rings. The predicted molar refractivity (Wildman–Crippen MR) is 76.0 cm³/mol. The molecule has 0 bridgehead atoms. The van der Waals surface area contributed by atoms with E-state index in [-0.39, 0.29) is 0 Å². The topological polar surface area (TPSA) is 40.7 Å². The van der Waals surface area contributed by atoms with Crippen molar-refractivity contribution in [2.75, 3.05) is 7.05 Å². The SMILES string of the molecule is CNC1CCC(c2nc(-c3ccc[nH]3)cs2)CC1. The van der Waals surface area contributed by atoms with Gasteiger partial charge in [-0.15, -0.1) is 11.3 Å². The van der Waals surface area contributed by atoms with Gasteiger partial charge in [0.05, 0.1) is 16.4 Å². The van der Waals surface area contributed by atoms with Gasteiger partial charge in [0.1, 0.15) is 0 Å². The number of hydrogen-bond acceptors (Lipinski definition) is 3. The average molecular weight is 261 g/mol. The van der Waals surface area contributed by atoms with Crippen LogP contribution in [0.5, 0.6) is 0 Å². The fourth-order valence-corrected chi connectivity index (χ4v) is 3.71. The maximum absolute atomic E-state index is 4.79. The first kappa shape index (κ1) is 11.9. The van der Waals surface area contributed by atoms with Gasteiger partial charge >= 0.3 is 0 Å². The van der Waals surface area contributed by atoms with Crippen molar-refractivity contribution in [3.63, 3.8) is 0 Å². The van der Waals surface area contributed by atoms with Crippen LogP contribution in [0, 0.1) is 0 Å². The van der Waals surface area contributed by atoms with Crippen molar-refractivity contribution < 1.29 is 0 Å².